The Kier molecular flexibility index (Phi) is 4.39. The molecule has 1 aromatic heterocycles. The van der Waals surface area contributed by atoms with Gasteiger partial charge in [0.2, 0.25) is 0 Å². The summed E-state index contributed by atoms with van der Waals surface area (Å²) in [5, 5.41) is 8.65. The van der Waals surface area contributed by atoms with Gasteiger partial charge in [-0.05, 0) is 18.6 Å². The Morgan fingerprint density at radius 3 is 3.07 bits per heavy atom. The zero-order chi connectivity index (χ0) is 10.4. The maximum Gasteiger partial charge on any atom is 0.354 e. The third-order valence-corrected chi connectivity index (χ3v) is 2.58. The van der Waals surface area contributed by atoms with Crippen molar-refractivity contribution >= 4 is 17.7 Å². The number of carboxylic acids is 1. The molecule has 0 aliphatic carbocycles. The first-order chi connectivity index (χ1) is 6.74. The summed E-state index contributed by atoms with van der Waals surface area (Å²) in [6.45, 7) is -0.343. The quantitative estimate of drug-likeness (QED) is 0.604. The number of carbonyl (C=O) groups is 1. The SMILES string of the molecule is O=C(O)c1cc(SCCCF)ccn1. The van der Waals surface area contributed by atoms with Crippen LogP contribution >= 0.6 is 11.8 Å². The number of pyridine rings is 1. The molecule has 0 saturated carbocycles. The molecule has 1 rings (SSSR count). The average Bonchev–Trinajstić information content (AvgIpc) is 2.19. The number of nitrogens with zero attached hydrogens (tertiary/aromatic N) is 1. The summed E-state index contributed by atoms with van der Waals surface area (Å²) >= 11 is 1.43. The van der Waals surface area contributed by atoms with E-state index in [9.17, 15) is 9.18 Å². The second-order valence-electron chi connectivity index (χ2n) is 2.57. The van der Waals surface area contributed by atoms with Gasteiger partial charge in [0.1, 0.15) is 5.69 Å². The van der Waals surface area contributed by atoms with Crippen molar-refractivity contribution in [3.05, 3.63) is 24.0 Å². The first-order valence-corrected chi connectivity index (χ1v) is 5.10. The van der Waals surface area contributed by atoms with Crippen molar-refractivity contribution in [1.82, 2.24) is 4.98 Å². The van der Waals surface area contributed by atoms with Gasteiger partial charge in [-0.3, -0.25) is 4.39 Å². The van der Waals surface area contributed by atoms with Crippen LogP contribution in [0.1, 0.15) is 16.9 Å². The Morgan fingerprint density at radius 1 is 1.64 bits per heavy atom. The molecule has 0 spiro atoms. The Morgan fingerprint density at radius 2 is 2.43 bits per heavy atom. The van der Waals surface area contributed by atoms with Gasteiger partial charge in [-0.2, -0.15) is 0 Å². The zero-order valence-corrected chi connectivity index (χ0v) is 8.26. The summed E-state index contributed by atoms with van der Waals surface area (Å²) in [5.74, 6) is -0.391. The maximum absolute atomic E-state index is 11.8. The number of alkyl halides is 1. The number of aromatic nitrogens is 1. The predicted molar refractivity (Wildman–Crippen MR) is 52.5 cm³/mol. The molecule has 14 heavy (non-hydrogen) atoms. The van der Waals surface area contributed by atoms with E-state index in [-0.39, 0.29) is 12.4 Å². The number of thioether (sulfide) groups is 1. The van der Waals surface area contributed by atoms with Crippen molar-refractivity contribution in [1.29, 1.82) is 0 Å². The van der Waals surface area contributed by atoms with Gasteiger partial charge in [0.15, 0.2) is 0 Å². The fraction of sp³-hybridized carbons (Fsp3) is 0.333. The molecule has 0 saturated heterocycles. The highest BCUT2D eigenvalue weighted by molar-refractivity contribution is 7.99. The summed E-state index contributed by atoms with van der Waals surface area (Å²) in [5.41, 5.74) is 0.0234. The van der Waals surface area contributed by atoms with E-state index in [1.54, 1.807) is 6.07 Å². The standard InChI is InChI=1S/C9H10FNO2S/c10-3-1-5-14-7-2-4-11-8(6-7)9(12)13/h2,4,6H,1,3,5H2,(H,12,13). The molecule has 0 fully saturated rings. The fourth-order valence-electron chi connectivity index (χ4n) is 0.862. The van der Waals surface area contributed by atoms with Gasteiger partial charge in [0, 0.05) is 16.8 Å². The monoisotopic (exact) mass is 215 g/mol. The molecular formula is C9H10FNO2S. The third kappa shape index (κ3) is 3.33. The topological polar surface area (TPSA) is 50.2 Å². The minimum Gasteiger partial charge on any atom is -0.477 e. The smallest absolute Gasteiger partial charge is 0.354 e. The number of carboxylic acid groups (broad SMARTS) is 1. The minimum absolute atomic E-state index is 0.0234. The fourth-order valence-corrected chi connectivity index (χ4v) is 1.70. The molecule has 0 unspecified atom stereocenters. The van der Waals surface area contributed by atoms with Crippen molar-refractivity contribution in [3.63, 3.8) is 0 Å². The van der Waals surface area contributed by atoms with Gasteiger partial charge < -0.3 is 5.11 Å². The molecule has 0 aromatic carbocycles. The number of rotatable bonds is 5. The van der Waals surface area contributed by atoms with E-state index >= 15 is 0 Å². The molecule has 76 valence electrons. The Labute approximate surface area is 85.4 Å². The van der Waals surface area contributed by atoms with Gasteiger partial charge in [-0.25, -0.2) is 9.78 Å². The van der Waals surface area contributed by atoms with Crippen molar-refractivity contribution in [2.24, 2.45) is 0 Å². The molecular weight excluding hydrogens is 205 g/mol. The van der Waals surface area contributed by atoms with Gasteiger partial charge in [0.25, 0.3) is 0 Å². The Bertz CT molecular complexity index is 319. The highest BCUT2D eigenvalue weighted by atomic mass is 32.2. The summed E-state index contributed by atoms with van der Waals surface area (Å²) < 4.78 is 11.8. The molecule has 0 aliphatic heterocycles. The normalized spacial score (nSPS) is 10.1. The Hall–Kier alpha value is -1.10. The van der Waals surface area contributed by atoms with Gasteiger partial charge in [-0.1, -0.05) is 0 Å². The first-order valence-electron chi connectivity index (χ1n) is 4.12. The number of aromatic carboxylic acids is 1. The van der Waals surface area contributed by atoms with Crippen molar-refractivity contribution < 1.29 is 14.3 Å². The van der Waals surface area contributed by atoms with Crippen LogP contribution in [0.15, 0.2) is 23.2 Å². The molecule has 0 amide bonds. The number of halogens is 1. The maximum atomic E-state index is 11.8. The largest absolute Gasteiger partial charge is 0.477 e. The van der Waals surface area contributed by atoms with Crippen molar-refractivity contribution in [3.8, 4) is 0 Å². The van der Waals surface area contributed by atoms with Crippen LogP contribution < -0.4 is 0 Å². The van der Waals surface area contributed by atoms with Crippen molar-refractivity contribution in [2.45, 2.75) is 11.3 Å². The van der Waals surface area contributed by atoms with E-state index < -0.39 is 5.97 Å². The van der Waals surface area contributed by atoms with Crippen LogP contribution in [0.5, 0.6) is 0 Å². The molecule has 0 aliphatic rings. The van der Waals surface area contributed by atoms with Crippen LogP contribution in [0.2, 0.25) is 0 Å². The lowest BCUT2D eigenvalue weighted by Gasteiger charge is -2.00. The van der Waals surface area contributed by atoms with Gasteiger partial charge >= 0.3 is 5.97 Å². The molecule has 1 aromatic rings. The molecule has 3 nitrogen and oxygen atoms in total. The predicted octanol–water partition coefficient (Wildman–Crippen LogP) is 2.23. The molecule has 0 atom stereocenters. The van der Waals surface area contributed by atoms with Crippen molar-refractivity contribution in [2.75, 3.05) is 12.4 Å². The van der Waals surface area contributed by atoms with E-state index in [0.29, 0.717) is 12.2 Å². The van der Waals surface area contributed by atoms with Crippen LogP contribution in [0, 0.1) is 0 Å². The summed E-state index contributed by atoms with van der Waals surface area (Å²) in [4.78, 5) is 15.0. The van der Waals surface area contributed by atoms with Crippen LogP contribution in [0.25, 0.3) is 0 Å². The van der Waals surface area contributed by atoms with Gasteiger partial charge in [-0.15, -0.1) is 11.8 Å². The summed E-state index contributed by atoms with van der Waals surface area (Å²) in [6.07, 6.45) is 1.93. The highest BCUT2D eigenvalue weighted by Crippen LogP contribution is 2.18. The summed E-state index contributed by atoms with van der Waals surface area (Å²) in [7, 11) is 0. The van der Waals surface area contributed by atoms with E-state index in [0.717, 1.165) is 4.90 Å². The van der Waals surface area contributed by atoms with E-state index in [1.807, 2.05) is 0 Å². The molecule has 1 heterocycles. The summed E-state index contributed by atoms with van der Waals surface area (Å²) in [6, 6.07) is 3.21. The first kappa shape index (κ1) is 11.0. The molecule has 0 radical (unpaired) electrons. The van der Waals surface area contributed by atoms with Crippen LogP contribution in [-0.4, -0.2) is 28.5 Å². The van der Waals surface area contributed by atoms with E-state index in [2.05, 4.69) is 4.98 Å². The lowest BCUT2D eigenvalue weighted by Crippen LogP contribution is -1.99. The zero-order valence-electron chi connectivity index (χ0n) is 7.44. The van der Waals surface area contributed by atoms with Crippen LogP contribution in [-0.2, 0) is 0 Å². The number of hydrogen-bond acceptors (Lipinski definition) is 3. The lowest BCUT2D eigenvalue weighted by atomic mass is 10.3. The van der Waals surface area contributed by atoms with E-state index in [4.69, 9.17) is 5.11 Å². The molecule has 0 bridgehead atoms. The van der Waals surface area contributed by atoms with Crippen LogP contribution in [0.4, 0.5) is 4.39 Å². The number of hydrogen-bond donors (Lipinski definition) is 1. The highest BCUT2D eigenvalue weighted by Gasteiger charge is 2.04. The van der Waals surface area contributed by atoms with Gasteiger partial charge in [0.05, 0.1) is 6.67 Å². The second-order valence-corrected chi connectivity index (χ2v) is 3.74. The molecule has 1 N–H and O–H groups in total. The Balaban J connectivity index is 2.59. The lowest BCUT2D eigenvalue weighted by molar-refractivity contribution is 0.0690. The minimum atomic E-state index is -1.04. The molecule has 5 heteroatoms. The average molecular weight is 215 g/mol. The second kappa shape index (κ2) is 5.59. The van der Waals surface area contributed by atoms with Crippen LogP contribution in [0.3, 0.4) is 0 Å². The third-order valence-electron chi connectivity index (χ3n) is 1.50. The van der Waals surface area contributed by atoms with E-state index in [1.165, 1.54) is 24.0 Å².